The molecule has 10 heteroatoms. The van der Waals surface area contributed by atoms with E-state index in [4.69, 9.17) is 25.5 Å². The average Bonchev–Trinajstić information content (AvgIpc) is 2.75. The van der Waals surface area contributed by atoms with Crippen LogP contribution in [0, 0.1) is 5.92 Å². The minimum absolute atomic E-state index is 0.402. The van der Waals surface area contributed by atoms with E-state index in [9.17, 15) is 18.0 Å². The molecule has 0 aromatic heterocycles. The molecular formula is C22H33F3N2O5. The number of carboxylic acid groups (broad SMARTS) is 1. The van der Waals surface area contributed by atoms with Crippen LogP contribution in [0.15, 0.2) is 24.3 Å². The number of carboxylic acids is 1. The number of carbonyl (C=O) groups excluding carboxylic acids is 1. The number of hydrogen-bond donors (Lipinski definition) is 4. The number of amides is 1. The first-order chi connectivity index (χ1) is 15.0. The van der Waals surface area contributed by atoms with Gasteiger partial charge in [0.1, 0.15) is 11.3 Å². The molecule has 0 heterocycles. The molecule has 32 heavy (non-hydrogen) atoms. The van der Waals surface area contributed by atoms with Crippen LogP contribution in [0.25, 0.3) is 0 Å². The third-order valence-corrected chi connectivity index (χ3v) is 5.20. The Morgan fingerprint density at radius 2 is 1.69 bits per heavy atom. The van der Waals surface area contributed by atoms with Crippen molar-refractivity contribution in [3.63, 3.8) is 0 Å². The number of nitrogens with two attached hydrogens (primary N) is 1. The fraction of sp³-hybridized carbons (Fsp3) is 0.636. The lowest BCUT2D eigenvalue weighted by atomic mass is 9.86. The van der Waals surface area contributed by atoms with E-state index < -0.39 is 30.2 Å². The maximum Gasteiger partial charge on any atom is 0.490 e. The summed E-state index contributed by atoms with van der Waals surface area (Å²) < 4.78 is 37.5. The smallest absolute Gasteiger partial charge is 0.490 e. The van der Waals surface area contributed by atoms with Gasteiger partial charge < -0.3 is 26.0 Å². The Kier molecular flexibility index (Phi) is 11.5. The molecule has 1 aliphatic rings. The number of nitrogens with one attached hydrogen (secondary N) is 1. The zero-order valence-corrected chi connectivity index (χ0v) is 18.3. The van der Waals surface area contributed by atoms with Crippen LogP contribution in [-0.2, 0) is 9.59 Å². The molecule has 1 atom stereocenters. The second-order valence-electron chi connectivity index (χ2n) is 8.21. The highest BCUT2D eigenvalue weighted by molar-refractivity contribution is 5.97. The lowest BCUT2D eigenvalue weighted by Gasteiger charge is -2.21. The number of halogens is 3. The van der Waals surface area contributed by atoms with Crippen molar-refractivity contribution in [2.45, 2.75) is 70.0 Å². The molecule has 1 aromatic rings. The largest absolute Gasteiger partial charge is 0.494 e. The van der Waals surface area contributed by atoms with Gasteiger partial charge in [0.05, 0.1) is 13.2 Å². The number of aliphatic hydroxyl groups is 1. The van der Waals surface area contributed by atoms with E-state index in [1.165, 1.54) is 51.9 Å². The van der Waals surface area contributed by atoms with E-state index in [0.29, 0.717) is 5.69 Å². The number of alkyl halides is 3. The Balaban J connectivity index is 0.000000633. The molecular weight excluding hydrogens is 429 g/mol. The van der Waals surface area contributed by atoms with E-state index >= 15 is 0 Å². The topological polar surface area (TPSA) is 122 Å². The number of carbonyl (C=O) groups is 2. The molecule has 0 bridgehead atoms. The van der Waals surface area contributed by atoms with Crippen LogP contribution < -0.4 is 15.8 Å². The van der Waals surface area contributed by atoms with Gasteiger partial charge in [-0.15, -0.1) is 0 Å². The highest BCUT2D eigenvalue weighted by Gasteiger charge is 2.38. The van der Waals surface area contributed by atoms with Crippen molar-refractivity contribution in [1.29, 1.82) is 0 Å². The summed E-state index contributed by atoms with van der Waals surface area (Å²) in [5.74, 6) is -1.43. The van der Waals surface area contributed by atoms with Crippen molar-refractivity contribution in [1.82, 2.24) is 0 Å². The molecule has 7 nitrogen and oxygen atoms in total. The van der Waals surface area contributed by atoms with E-state index in [2.05, 4.69) is 5.32 Å². The second-order valence-corrected chi connectivity index (χ2v) is 8.21. The predicted octanol–water partition coefficient (Wildman–Crippen LogP) is 4.10. The SMILES string of the molecule is CC(N)(CO)C(=O)Nc1ccc(OCCCCC2CCCCC2)cc1.O=C(O)C(F)(F)F. The molecule has 1 aliphatic carbocycles. The summed E-state index contributed by atoms with van der Waals surface area (Å²) in [7, 11) is 0. The summed E-state index contributed by atoms with van der Waals surface area (Å²) >= 11 is 0. The molecule has 1 amide bonds. The van der Waals surface area contributed by atoms with Crippen LogP contribution in [0.3, 0.4) is 0 Å². The van der Waals surface area contributed by atoms with E-state index in [1.54, 1.807) is 12.1 Å². The molecule has 1 saturated carbocycles. The van der Waals surface area contributed by atoms with Gasteiger partial charge in [-0.3, -0.25) is 4.79 Å². The van der Waals surface area contributed by atoms with Crippen molar-refractivity contribution in [2.24, 2.45) is 11.7 Å². The number of anilines is 1. The summed E-state index contributed by atoms with van der Waals surface area (Å²) in [5.41, 5.74) is 5.05. The van der Waals surface area contributed by atoms with Gasteiger partial charge in [0.15, 0.2) is 0 Å². The number of aliphatic hydroxyl groups excluding tert-OH is 1. The summed E-state index contributed by atoms with van der Waals surface area (Å²) in [6.45, 7) is 1.82. The summed E-state index contributed by atoms with van der Waals surface area (Å²) in [4.78, 5) is 20.8. The Morgan fingerprint density at radius 3 is 2.19 bits per heavy atom. The van der Waals surface area contributed by atoms with E-state index in [-0.39, 0.29) is 0 Å². The van der Waals surface area contributed by atoms with Gasteiger partial charge in [-0.1, -0.05) is 38.5 Å². The van der Waals surface area contributed by atoms with Gasteiger partial charge in [-0.25, -0.2) is 4.79 Å². The Labute approximate surface area is 186 Å². The number of unbranched alkanes of at least 4 members (excludes halogenated alkanes) is 1. The van der Waals surface area contributed by atoms with Gasteiger partial charge in [0.25, 0.3) is 0 Å². The number of rotatable bonds is 9. The van der Waals surface area contributed by atoms with Crippen molar-refractivity contribution in [3.8, 4) is 5.75 Å². The Bertz CT molecular complexity index is 703. The number of benzene rings is 1. The first-order valence-electron chi connectivity index (χ1n) is 10.7. The molecule has 1 fully saturated rings. The normalized spacial score (nSPS) is 16.3. The quantitative estimate of drug-likeness (QED) is 0.410. The minimum Gasteiger partial charge on any atom is -0.494 e. The molecule has 0 saturated heterocycles. The van der Waals surface area contributed by atoms with Crippen LogP contribution in [0.2, 0.25) is 0 Å². The monoisotopic (exact) mass is 462 g/mol. The fourth-order valence-corrected chi connectivity index (χ4v) is 3.18. The summed E-state index contributed by atoms with van der Waals surface area (Å²) in [6, 6.07) is 7.23. The lowest BCUT2D eigenvalue weighted by Crippen LogP contribution is -2.51. The lowest BCUT2D eigenvalue weighted by molar-refractivity contribution is -0.192. The van der Waals surface area contributed by atoms with Gasteiger partial charge in [-0.05, 0) is 49.9 Å². The fourth-order valence-electron chi connectivity index (χ4n) is 3.18. The predicted molar refractivity (Wildman–Crippen MR) is 114 cm³/mol. The highest BCUT2D eigenvalue weighted by atomic mass is 19.4. The molecule has 5 N–H and O–H groups in total. The van der Waals surface area contributed by atoms with E-state index in [1.807, 2.05) is 12.1 Å². The highest BCUT2D eigenvalue weighted by Crippen LogP contribution is 2.27. The van der Waals surface area contributed by atoms with Crippen LogP contribution in [0.1, 0.15) is 58.3 Å². The van der Waals surface area contributed by atoms with Crippen molar-refractivity contribution in [3.05, 3.63) is 24.3 Å². The van der Waals surface area contributed by atoms with Gasteiger partial charge in [0, 0.05) is 5.69 Å². The number of aliphatic carboxylic acids is 1. The first-order valence-corrected chi connectivity index (χ1v) is 10.7. The molecule has 1 aromatic carbocycles. The zero-order valence-electron chi connectivity index (χ0n) is 18.3. The second kappa shape index (κ2) is 13.3. The van der Waals surface area contributed by atoms with Gasteiger partial charge in [-0.2, -0.15) is 13.2 Å². The van der Waals surface area contributed by atoms with Crippen LogP contribution >= 0.6 is 0 Å². The van der Waals surface area contributed by atoms with Crippen molar-refractivity contribution < 1.29 is 37.7 Å². The van der Waals surface area contributed by atoms with Crippen molar-refractivity contribution >= 4 is 17.6 Å². The van der Waals surface area contributed by atoms with E-state index in [0.717, 1.165) is 24.7 Å². The Morgan fingerprint density at radius 1 is 1.12 bits per heavy atom. The molecule has 2 rings (SSSR count). The molecule has 1 unspecified atom stereocenters. The molecule has 0 aliphatic heterocycles. The molecule has 182 valence electrons. The van der Waals surface area contributed by atoms with Crippen molar-refractivity contribution in [2.75, 3.05) is 18.5 Å². The maximum atomic E-state index is 11.9. The first kappa shape index (κ1) is 27.7. The molecule has 0 spiro atoms. The van der Waals surface area contributed by atoms with Crippen LogP contribution in [0.4, 0.5) is 18.9 Å². The summed E-state index contributed by atoms with van der Waals surface area (Å²) in [6.07, 6.45) is 5.61. The third kappa shape index (κ3) is 10.8. The number of hydrogen-bond acceptors (Lipinski definition) is 5. The van der Waals surface area contributed by atoms with Crippen LogP contribution in [-0.4, -0.2) is 47.0 Å². The number of ether oxygens (including phenoxy) is 1. The minimum atomic E-state index is -5.08. The van der Waals surface area contributed by atoms with Gasteiger partial charge >= 0.3 is 12.1 Å². The zero-order chi connectivity index (χ0) is 24.2. The summed E-state index contributed by atoms with van der Waals surface area (Å²) in [5, 5.41) is 18.9. The van der Waals surface area contributed by atoms with Gasteiger partial charge in [0.2, 0.25) is 5.91 Å². The average molecular weight is 463 g/mol. The standard InChI is InChI=1S/C20H32N2O3.C2HF3O2/c1-20(21,15-23)19(24)22-17-10-12-18(13-11-17)25-14-6-5-9-16-7-3-2-4-8-16;3-2(4,5)1(6)7/h10-13,16,23H,2-9,14-15,21H2,1H3,(H,22,24);(H,6,7). The maximum absolute atomic E-state index is 11.9. The Hall–Kier alpha value is -2.33. The third-order valence-electron chi connectivity index (χ3n) is 5.20. The van der Waals surface area contributed by atoms with Crippen LogP contribution in [0.5, 0.6) is 5.75 Å². The molecule has 0 radical (unpaired) electrons.